The number of hydrogen-bond acceptors (Lipinski definition) is 3. The molecule has 1 aromatic heterocycles. The molecule has 2 bridgehead atoms. The molecule has 1 aromatic rings. The van der Waals surface area contributed by atoms with Gasteiger partial charge in [0.05, 0.1) is 11.4 Å². The van der Waals surface area contributed by atoms with Crippen molar-refractivity contribution in [3.05, 3.63) is 32.3 Å². The normalized spacial score (nSPS) is 25.2. The molecule has 94 valence electrons. The van der Waals surface area contributed by atoms with Crippen LogP contribution in [-0.2, 0) is 6.54 Å². The fourth-order valence-electron chi connectivity index (χ4n) is 3.05. The first-order chi connectivity index (χ1) is 8.79. The van der Waals surface area contributed by atoms with Gasteiger partial charge in [-0.15, -0.1) is 11.3 Å². The number of rotatable bonds is 3. The highest BCUT2D eigenvalue weighted by molar-refractivity contribution is 7.14. The lowest BCUT2D eigenvalue weighted by atomic mass is 10.0. The number of thiophene rings is 1. The third-order valence-corrected chi connectivity index (χ3v) is 4.91. The summed E-state index contributed by atoms with van der Waals surface area (Å²) in [7, 11) is 0. The predicted molar refractivity (Wildman–Crippen MR) is 69.4 cm³/mol. The molecule has 0 N–H and O–H groups in total. The summed E-state index contributed by atoms with van der Waals surface area (Å²) in [5, 5.41) is 3.52. The predicted octanol–water partition coefficient (Wildman–Crippen LogP) is 3.33. The third kappa shape index (κ3) is 1.87. The Morgan fingerprint density at radius 1 is 1.39 bits per heavy atom. The standard InChI is InChI=1S/C12H14N4OS/c13-15-14-7-10-5-6-11(18-10)12(17)16-8-1-2-9(16)4-3-8/h5-6,8-9H,1-4,7H2. The van der Waals surface area contributed by atoms with E-state index in [4.69, 9.17) is 5.53 Å². The van der Waals surface area contributed by atoms with Gasteiger partial charge < -0.3 is 4.90 Å². The number of azide groups is 1. The lowest BCUT2D eigenvalue weighted by Gasteiger charge is -2.21. The van der Waals surface area contributed by atoms with Crippen LogP contribution in [-0.4, -0.2) is 22.9 Å². The molecule has 3 rings (SSSR count). The first-order valence-electron chi connectivity index (χ1n) is 6.22. The molecule has 0 radical (unpaired) electrons. The van der Waals surface area contributed by atoms with Gasteiger partial charge in [0.15, 0.2) is 0 Å². The van der Waals surface area contributed by atoms with Crippen molar-refractivity contribution >= 4 is 17.2 Å². The Morgan fingerprint density at radius 2 is 2.06 bits per heavy atom. The Balaban J connectivity index is 1.76. The summed E-state index contributed by atoms with van der Waals surface area (Å²) in [4.78, 5) is 19.0. The van der Waals surface area contributed by atoms with E-state index in [1.165, 1.54) is 11.3 Å². The summed E-state index contributed by atoms with van der Waals surface area (Å²) in [6, 6.07) is 4.66. The van der Waals surface area contributed by atoms with E-state index in [-0.39, 0.29) is 5.91 Å². The number of carbonyl (C=O) groups excluding carboxylic acids is 1. The zero-order valence-corrected chi connectivity index (χ0v) is 10.8. The summed E-state index contributed by atoms with van der Waals surface area (Å²) in [5.41, 5.74) is 8.28. The molecular weight excluding hydrogens is 248 g/mol. The maximum absolute atomic E-state index is 12.4. The Labute approximate surface area is 109 Å². The van der Waals surface area contributed by atoms with Gasteiger partial charge in [0, 0.05) is 21.9 Å². The summed E-state index contributed by atoms with van der Waals surface area (Å²) in [6.07, 6.45) is 4.64. The zero-order valence-electron chi connectivity index (χ0n) is 9.95. The van der Waals surface area contributed by atoms with E-state index in [0.29, 0.717) is 18.6 Å². The lowest BCUT2D eigenvalue weighted by molar-refractivity contribution is 0.0735. The third-order valence-electron chi connectivity index (χ3n) is 3.85. The molecule has 0 atom stereocenters. The van der Waals surface area contributed by atoms with Gasteiger partial charge in [-0.05, 0) is 43.3 Å². The first kappa shape index (κ1) is 11.6. The van der Waals surface area contributed by atoms with Crippen LogP contribution in [0.5, 0.6) is 0 Å². The zero-order chi connectivity index (χ0) is 12.5. The van der Waals surface area contributed by atoms with Crippen LogP contribution < -0.4 is 0 Å². The molecule has 2 aliphatic heterocycles. The SMILES string of the molecule is [N-]=[N+]=NCc1ccc(C(=O)N2C3CCC2CC3)s1. The molecular formula is C12H14N4OS. The fraction of sp³-hybridized carbons (Fsp3) is 0.583. The Hall–Kier alpha value is -1.52. The van der Waals surface area contributed by atoms with E-state index >= 15 is 0 Å². The van der Waals surface area contributed by atoms with Crippen molar-refractivity contribution in [2.45, 2.75) is 44.3 Å². The van der Waals surface area contributed by atoms with E-state index in [1.54, 1.807) is 0 Å². The molecule has 0 spiro atoms. The van der Waals surface area contributed by atoms with E-state index in [2.05, 4.69) is 14.9 Å². The minimum absolute atomic E-state index is 0.164. The van der Waals surface area contributed by atoms with Crippen molar-refractivity contribution in [2.24, 2.45) is 5.11 Å². The minimum Gasteiger partial charge on any atom is -0.332 e. The van der Waals surface area contributed by atoms with Gasteiger partial charge in [-0.1, -0.05) is 5.11 Å². The van der Waals surface area contributed by atoms with Crippen LogP contribution >= 0.6 is 11.3 Å². The number of hydrogen-bond donors (Lipinski definition) is 0. The van der Waals surface area contributed by atoms with E-state index < -0.39 is 0 Å². The highest BCUT2D eigenvalue weighted by atomic mass is 32.1. The summed E-state index contributed by atoms with van der Waals surface area (Å²) in [6.45, 7) is 0.335. The number of amides is 1. The van der Waals surface area contributed by atoms with Crippen molar-refractivity contribution in [3.8, 4) is 0 Å². The minimum atomic E-state index is 0.164. The van der Waals surface area contributed by atoms with Crippen LogP contribution in [0.25, 0.3) is 10.4 Å². The van der Waals surface area contributed by atoms with E-state index in [9.17, 15) is 4.79 Å². The quantitative estimate of drug-likeness (QED) is 0.468. The molecule has 18 heavy (non-hydrogen) atoms. The molecule has 0 saturated carbocycles. The molecule has 2 fully saturated rings. The van der Waals surface area contributed by atoms with Gasteiger partial charge in [-0.2, -0.15) is 0 Å². The van der Waals surface area contributed by atoms with Crippen molar-refractivity contribution in [2.75, 3.05) is 0 Å². The fourth-order valence-corrected chi connectivity index (χ4v) is 3.92. The monoisotopic (exact) mass is 262 g/mol. The summed E-state index contributed by atoms with van der Waals surface area (Å²) >= 11 is 1.44. The number of fused-ring (bicyclic) bond motifs is 2. The van der Waals surface area contributed by atoms with Crippen molar-refractivity contribution < 1.29 is 4.79 Å². The molecule has 2 aliphatic rings. The maximum atomic E-state index is 12.4. The van der Waals surface area contributed by atoms with Gasteiger partial charge in [0.2, 0.25) is 0 Å². The second-order valence-corrected chi connectivity index (χ2v) is 6.00. The van der Waals surface area contributed by atoms with Gasteiger partial charge in [-0.25, -0.2) is 0 Å². The second kappa shape index (κ2) is 4.63. The first-order valence-corrected chi connectivity index (χ1v) is 7.03. The van der Waals surface area contributed by atoms with E-state index in [1.807, 2.05) is 12.1 Å². The van der Waals surface area contributed by atoms with Crippen molar-refractivity contribution in [3.63, 3.8) is 0 Å². The Kier molecular flexibility index (Phi) is 2.97. The summed E-state index contributed by atoms with van der Waals surface area (Å²) < 4.78 is 0. The topological polar surface area (TPSA) is 69.1 Å². The van der Waals surface area contributed by atoms with Crippen LogP contribution in [0.1, 0.15) is 40.2 Å². The van der Waals surface area contributed by atoms with Crippen LogP contribution in [0, 0.1) is 0 Å². The highest BCUT2D eigenvalue weighted by Crippen LogP contribution is 2.39. The van der Waals surface area contributed by atoms with Gasteiger partial charge in [0.25, 0.3) is 5.91 Å². The average molecular weight is 262 g/mol. The van der Waals surface area contributed by atoms with Crippen LogP contribution in [0.3, 0.4) is 0 Å². The molecule has 0 aromatic carbocycles. The number of carbonyl (C=O) groups is 1. The molecule has 0 unspecified atom stereocenters. The van der Waals surface area contributed by atoms with Crippen LogP contribution in [0.15, 0.2) is 17.2 Å². The van der Waals surface area contributed by atoms with Gasteiger partial charge in [0.1, 0.15) is 0 Å². The molecule has 0 aliphatic carbocycles. The van der Waals surface area contributed by atoms with Gasteiger partial charge >= 0.3 is 0 Å². The van der Waals surface area contributed by atoms with Crippen LogP contribution in [0.2, 0.25) is 0 Å². The molecule has 3 heterocycles. The maximum Gasteiger partial charge on any atom is 0.264 e. The summed E-state index contributed by atoms with van der Waals surface area (Å²) in [5.74, 6) is 0.164. The lowest BCUT2D eigenvalue weighted by Crippen LogP contribution is -2.34. The molecule has 6 heteroatoms. The van der Waals surface area contributed by atoms with Crippen molar-refractivity contribution in [1.82, 2.24) is 4.90 Å². The average Bonchev–Trinajstić information content (AvgIpc) is 3.10. The van der Waals surface area contributed by atoms with E-state index in [0.717, 1.165) is 35.4 Å². The second-order valence-electron chi connectivity index (χ2n) is 4.83. The van der Waals surface area contributed by atoms with Crippen molar-refractivity contribution in [1.29, 1.82) is 0 Å². The Bertz CT molecular complexity index is 500. The smallest absolute Gasteiger partial charge is 0.264 e. The van der Waals surface area contributed by atoms with Gasteiger partial charge in [-0.3, -0.25) is 4.79 Å². The molecule has 1 amide bonds. The largest absolute Gasteiger partial charge is 0.332 e. The Morgan fingerprint density at radius 3 is 2.67 bits per heavy atom. The highest BCUT2D eigenvalue weighted by Gasteiger charge is 2.42. The number of nitrogens with zero attached hydrogens (tertiary/aromatic N) is 4. The molecule has 5 nitrogen and oxygen atoms in total. The van der Waals surface area contributed by atoms with Crippen LogP contribution in [0.4, 0.5) is 0 Å². The molecule has 2 saturated heterocycles.